The van der Waals surface area contributed by atoms with Gasteiger partial charge in [-0.05, 0) is 24.3 Å². The van der Waals surface area contributed by atoms with Gasteiger partial charge >= 0.3 is 0 Å². The van der Waals surface area contributed by atoms with Crippen LogP contribution in [0.4, 0.5) is 5.69 Å². The Hall–Kier alpha value is -3.42. The Kier molecular flexibility index (Phi) is 4.60. The van der Waals surface area contributed by atoms with Gasteiger partial charge in [-0.3, -0.25) is 15.1 Å². The molecule has 0 aliphatic heterocycles. The van der Waals surface area contributed by atoms with Crippen LogP contribution in [0.3, 0.4) is 0 Å². The molecule has 8 heteroatoms. The molecule has 0 aliphatic carbocycles. The summed E-state index contributed by atoms with van der Waals surface area (Å²) in [5.41, 5.74) is 0.742. The van der Waals surface area contributed by atoms with Crippen molar-refractivity contribution in [1.29, 1.82) is 0 Å². The van der Waals surface area contributed by atoms with Gasteiger partial charge in [0, 0.05) is 24.1 Å². The van der Waals surface area contributed by atoms with Gasteiger partial charge in [0.15, 0.2) is 11.7 Å². The molecule has 0 radical (unpaired) electrons. The Labute approximate surface area is 142 Å². The Bertz CT molecular complexity index is 984. The normalized spacial score (nSPS) is 12.9. The number of nitro groups is 1. The molecule has 2 aromatic heterocycles. The summed E-state index contributed by atoms with van der Waals surface area (Å²) in [5, 5.41) is 21.6. The summed E-state index contributed by atoms with van der Waals surface area (Å²) >= 11 is 0. The van der Waals surface area contributed by atoms with E-state index in [0.717, 1.165) is 15.6 Å². The van der Waals surface area contributed by atoms with Gasteiger partial charge in [0.25, 0.3) is 5.69 Å². The van der Waals surface area contributed by atoms with Crippen LogP contribution in [0.15, 0.2) is 59.9 Å². The molecule has 25 heavy (non-hydrogen) atoms. The van der Waals surface area contributed by atoms with Crippen LogP contribution in [0.2, 0.25) is 0 Å². The summed E-state index contributed by atoms with van der Waals surface area (Å²) in [4.78, 5) is 18.8. The Morgan fingerprint density at radius 1 is 1.36 bits per heavy atom. The van der Waals surface area contributed by atoms with Crippen molar-refractivity contribution in [2.24, 2.45) is 4.99 Å². The summed E-state index contributed by atoms with van der Waals surface area (Å²) in [7, 11) is 0. The van der Waals surface area contributed by atoms with Crippen LogP contribution in [0.5, 0.6) is 5.75 Å². The molecule has 0 aliphatic rings. The van der Waals surface area contributed by atoms with Crippen LogP contribution in [0.1, 0.15) is 13.3 Å². The third kappa shape index (κ3) is 3.74. The number of hydrogen-bond acceptors (Lipinski definition) is 6. The summed E-state index contributed by atoms with van der Waals surface area (Å²) in [5.74, 6) is 0.603. The number of hydrogen-bond donors (Lipinski definition) is 1. The predicted octanol–water partition coefficient (Wildman–Crippen LogP) is 2.90. The summed E-state index contributed by atoms with van der Waals surface area (Å²) in [6.45, 7) is 1.87. The topological polar surface area (TPSA) is 103 Å². The molecule has 1 atom stereocenters. The van der Waals surface area contributed by atoms with Crippen LogP contribution in [0.25, 0.3) is 10.9 Å². The van der Waals surface area contributed by atoms with E-state index in [1.165, 1.54) is 18.3 Å². The zero-order valence-corrected chi connectivity index (χ0v) is 13.4. The number of ether oxygens (including phenoxy) is 1. The minimum atomic E-state index is -0.602. The second kappa shape index (κ2) is 7.00. The monoisotopic (exact) mass is 340 g/mol. The fourth-order valence-corrected chi connectivity index (χ4v) is 2.31. The minimum Gasteiger partial charge on any atom is -0.469 e. The smallest absolute Gasteiger partial charge is 0.274 e. The summed E-state index contributed by atoms with van der Waals surface area (Å²) < 4.78 is 6.57. The van der Waals surface area contributed by atoms with Crippen molar-refractivity contribution >= 4 is 16.6 Å². The van der Waals surface area contributed by atoms with Crippen LogP contribution >= 0.6 is 0 Å². The molecule has 0 spiro atoms. The first kappa shape index (κ1) is 16.4. The van der Waals surface area contributed by atoms with Crippen LogP contribution in [0, 0.1) is 10.1 Å². The number of aromatic nitrogens is 2. The maximum absolute atomic E-state index is 10.9. The predicted molar refractivity (Wildman–Crippen MR) is 90.3 cm³/mol. The zero-order chi connectivity index (χ0) is 17.8. The number of fused-ring (bicyclic) bond motifs is 1. The average molecular weight is 340 g/mol. The molecule has 128 valence electrons. The van der Waals surface area contributed by atoms with Gasteiger partial charge in [-0.25, -0.2) is 4.99 Å². The van der Waals surface area contributed by atoms with Gasteiger partial charge < -0.3 is 9.94 Å². The number of rotatable bonds is 5. The maximum Gasteiger partial charge on any atom is 0.274 e. The molecule has 1 N–H and O–H groups in total. The standard InChI is InChI=1S/C17H16N4O4/c1-2-17(19-16-11-13(21(23)24)7-9-20(16)22)25-14-5-6-15-12(10-14)4-3-8-18-15/h3-11,17,22H,2H2,1H3. The van der Waals surface area contributed by atoms with Crippen LogP contribution < -0.4 is 10.2 Å². The molecule has 0 amide bonds. The summed E-state index contributed by atoms with van der Waals surface area (Å²) in [6, 6.07) is 11.6. The molecule has 0 bridgehead atoms. The van der Waals surface area contributed by atoms with Crippen molar-refractivity contribution in [3.8, 4) is 5.75 Å². The van der Waals surface area contributed by atoms with Crippen molar-refractivity contribution in [2.75, 3.05) is 0 Å². The fraction of sp³-hybridized carbons (Fsp3) is 0.176. The number of pyridine rings is 2. The van der Waals surface area contributed by atoms with E-state index >= 15 is 0 Å². The summed E-state index contributed by atoms with van der Waals surface area (Å²) in [6.07, 6.45) is 2.81. The van der Waals surface area contributed by atoms with E-state index in [2.05, 4.69) is 9.98 Å². The molecule has 2 heterocycles. The molecule has 3 aromatic rings. The highest BCUT2D eigenvalue weighted by molar-refractivity contribution is 5.79. The third-order valence-electron chi connectivity index (χ3n) is 3.58. The molecule has 0 saturated heterocycles. The second-order valence-corrected chi connectivity index (χ2v) is 5.31. The van der Waals surface area contributed by atoms with Crippen molar-refractivity contribution in [2.45, 2.75) is 19.6 Å². The largest absolute Gasteiger partial charge is 0.469 e. The Morgan fingerprint density at radius 3 is 2.96 bits per heavy atom. The fourth-order valence-electron chi connectivity index (χ4n) is 2.31. The van der Waals surface area contributed by atoms with Crippen LogP contribution in [-0.2, 0) is 0 Å². The molecular weight excluding hydrogens is 324 g/mol. The average Bonchev–Trinajstić information content (AvgIpc) is 2.62. The molecule has 8 nitrogen and oxygen atoms in total. The maximum atomic E-state index is 10.9. The lowest BCUT2D eigenvalue weighted by Gasteiger charge is -2.14. The van der Waals surface area contributed by atoms with Crippen molar-refractivity contribution < 1.29 is 14.9 Å². The lowest BCUT2D eigenvalue weighted by atomic mass is 10.2. The first-order valence-corrected chi connectivity index (χ1v) is 7.68. The third-order valence-corrected chi connectivity index (χ3v) is 3.58. The first-order valence-electron chi connectivity index (χ1n) is 7.68. The van der Waals surface area contributed by atoms with Crippen molar-refractivity contribution in [3.63, 3.8) is 0 Å². The van der Waals surface area contributed by atoms with Gasteiger partial charge in [-0.15, -0.1) is 0 Å². The van der Waals surface area contributed by atoms with E-state index in [0.29, 0.717) is 12.2 Å². The highest BCUT2D eigenvalue weighted by atomic mass is 16.6. The van der Waals surface area contributed by atoms with Crippen LogP contribution in [-0.4, -0.2) is 26.1 Å². The number of nitrogens with zero attached hydrogens (tertiary/aromatic N) is 4. The van der Waals surface area contributed by atoms with Gasteiger partial charge in [-0.1, -0.05) is 13.0 Å². The first-order chi connectivity index (χ1) is 12.1. The Balaban J connectivity index is 1.91. The molecule has 1 aromatic carbocycles. The van der Waals surface area contributed by atoms with E-state index in [4.69, 9.17) is 4.74 Å². The molecule has 0 fully saturated rings. The lowest BCUT2D eigenvalue weighted by Crippen LogP contribution is -2.24. The Morgan fingerprint density at radius 2 is 2.20 bits per heavy atom. The van der Waals surface area contributed by atoms with Crippen molar-refractivity contribution in [1.82, 2.24) is 9.71 Å². The molecule has 0 saturated carbocycles. The molecule has 1 unspecified atom stereocenters. The van der Waals surface area contributed by atoms with Gasteiger partial charge in [-0.2, -0.15) is 4.73 Å². The van der Waals surface area contributed by atoms with Crippen molar-refractivity contribution in [3.05, 3.63) is 70.5 Å². The minimum absolute atomic E-state index is 0.0449. The number of benzene rings is 1. The van der Waals surface area contributed by atoms with E-state index in [9.17, 15) is 15.3 Å². The quantitative estimate of drug-likeness (QED) is 0.437. The highest BCUT2D eigenvalue weighted by Gasteiger charge is 2.10. The van der Waals surface area contributed by atoms with Gasteiger partial charge in [0.2, 0.25) is 0 Å². The highest BCUT2D eigenvalue weighted by Crippen LogP contribution is 2.20. The van der Waals surface area contributed by atoms with E-state index in [-0.39, 0.29) is 11.2 Å². The lowest BCUT2D eigenvalue weighted by molar-refractivity contribution is -0.385. The SMILES string of the molecule is CCC(N=c1cc([N+](=O)[O-])ccn1O)Oc1ccc2ncccc2c1. The van der Waals surface area contributed by atoms with Gasteiger partial charge in [0.05, 0.1) is 22.7 Å². The zero-order valence-electron chi connectivity index (χ0n) is 13.4. The van der Waals surface area contributed by atoms with Gasteiger partial charge in [0.1, 0.15) is 5.75 Å². The van der Waals surface area contributed by atoms with E-state index < -0.39 is 11.2 Å². The second-order valence-electron chi connectivity index (χ2n) is 5.31. The van der Waals surface area contributed by atoms with E-state index in [1.807, 2.05) is 31.2 Å². The molecular formula is C17H16N4O4. The van der Waals surface area contributed by atoms with E-state index in [1.54, 1.807) is 12.3 Å². The molecule has 3 rings (SSSR count).